The molecule has 2 saturated heterocycles. The van der Waals surface area contributed by atoms with E-state index in [1.54, 1.807) is 0 Å². The fourth-order valence-corrected chi connectivity index (χ4v) is 3.49. The van der Waals surface area contributed by atoms with Crippen LogP contribution in [0.3, 0.4) is 0 Å². The first-order chi connectivity index (χ1) is 10.7. The van der Waals surface area contributed by atoms with Gasteiger partial charge in [-0.1, -0.05) is 13.0 Å². The lowest BCUT2D eigenvalue weighted by Crippen LogP contribution is -2.51. The van der Waals surface area contributed by atoms with E-state index in [9.17, 15) is 4.79 Å². The van der Waals surface area contributed by atoms with Gasteiger partial charge in [-0.05, 0) is 37.4 Å². The van der Waals surface area contributed by atoms with Crippen LogP contribution in [-0.2, 0) is 11.3 Å². The highest BCUT2D eigenvalue weighted by molar-refractivity contribution is 5.79. The molecule has 2 aliphatic rings. The number of carbonyl (C=O) groups is 1. The number of nitrogens with one attached hydrogen (secondary N) is 2. The lowest BCUT2D eigenvalue weighted by Gasteiger charge is -2.37. The summed E-state index contributed by atoms with van der Waals surface area (Å²) in [6.07, 6.45) is 3.85. The minimum Gasteiger partial charge on any atom is -0.353 e. The van der Waals surface area contributed by atoms with Gasteiger partial charge in [-0.3, -0.25) is 14.7 Å². The second-order valence-corrected chi connectivity index (χ2v) is 6.63. The minimum atomic E-state index is 0.166. The Morgan fingerprint density at radius 2 is 2.36 bits per heavy atom. The first-order valence-corrected chi connectivity index (χ1v) is 8.35. The first kappa shape index (κ1) is 15.4. The number of likely N-dealkylation sites (tertiary alicyclic amines) is 1. The molecule has 2 N–H and O–H groups in total. The summed E-state index contributed by atoms with van der Waals surface area (Å²) in [4.78, 5) is 19.1. The summed E-state index contributed by atoms with van der Waals surface area (Å²) in [7, 11) is 0. The van der Waals surface area contributed by atoms with Gasteiger partial charge in [0.05, 0.1) is 11.6 Å². The zero-order valence-corrected chi connectivity index (χ0v) is 13.3. The standard InChI is InChI=1S/C17H26N4O/c1-13-11-21(12-15-4-2-3-7-19-15)9-6-16(13)20-17(22)14-5-8-18-10-14/h2-4,7,13-14,16,18H,5-6,8-12H2,1H3,(H,20,22). The number of hydrogen-bond donors (Lipinski definition) is 2. The highest BCUT2D eigenvalue weighted by Crippen LogP contribution is 2.19. The van der Waals surface area contributed by atoms with E-state index >= 15 is 0 Å². The average molecular weight is 302 g/mol. The van der Waals surface area contributed by atoms with Crippen LogP contribution in [0.25, 0.3) is 0 Å². The number of piperidine rings is 1. The van der Waals surface area contributed by atoms with Crippen LogP contribution in [0.4, 0.5) is 0 Å². The Hall–Kier alpha value is -1.46. The van der Waals surface area contributed by atoms with Gasteiger partial charge in [-0.15, -0.1) is 0 Å². The van der Waals surface area contributed by atoms with Gasteiger partial charge >= 0.3 is 0 Å². The van der Waals surface area contributed by atoms with Gasteiger partial charge in [0, 0.05) is 38.4 Å². The van der Waals surface area contributed by atoms with Crippen LogP contribution < -0.4 is 10.6 Å². The molecule has 120 valence electrons. The van der Waals surface area contributed by atoms with E-state index in [2.05, 4.69) is 33.5 Å². The van der Waals surface area contributed by atoms with E-state index < -0.39 is 0 Å². The van der Waals surface area contributed by atoms with Crippen LogP contribution in [0.2, 0.25) is 0 Å². The summed E-state index contributed by atoms with van der Waals surface area (Å²) in [6, 6.07) is 6.37. The number of rotatable bonds is 4. The molecule has 1 aromatic rings. The highest BCUT2D eigenvalue weighted by atomic mass is 16.2. The number of carbonyl (C=O) groups excluding carboxylic acids is 1. The Bertz CT molecular complexity index is 487. The average Bonchev–Trinajstić information content (AvgIpc) is 3.05. The van der Waals surface area contributed by atoms with Crippen molar-refractivity contribution in [2.24, 2.45) is 11.8 Å². The summed E-state index contributed by atoms with van der Waals surface area (Å²) < 4.78 is 0. The Balaban J connectivity index is 1.48. The van der Waals surface area contributed by atoms with E-state index in [0.29, 0.717) is 12.0 Å². The van der Waals surface area contributed by atoms with Crippen LogP contribution in [0, 0.1) is 11.8 Å². The van der Waals surface area contributed by atoms with E-state index in [-0.39, 0.29) is 11.8 Å². The van der Waals surface area contributed by atoms with E-state index in [1.165, 1.54) is 0 Å². The zero-order valence-electron chi connectivity index (χ0n) is 13.3. The molecule has 0 aliphatic carbocycles. The van der Waals surface area contributed by atoms with Crippen LogP contribution in [-0.4, -0.2) is 48.0 Å². The van der Waals surface area contributed by atoms with Crippen molar-refractivity contribution in [1.29, 1.82) is 0 Å². The third-order valence-corrected chi connectivity index (χ3v) is 4.86. The van der Waals surface area contributed by atoms with Crippen LogP contribution in [0.15, 0.2) is 24.4 Å². The van der Waals surface area contributed by atoms with Gasteiger partial charge in [0.15, 0.2) is 0 Å². The molecular weight excluding hydrogens is 276 g/mol. The fourth-order valence-electron chi connectivity index (χ4n) is 3.49. The molecule has 5 nitrogen and oxygen atoms in total. The van der Waals surface area contributed by atoms with Crippen molar-refractivity contribution < 1.29 is 4.79 Å². The molecular formula is C17H26N4O. The maximum Gasteiger partial charge on any atom is 0.224 e. The van der Waals surface area contributed by atoms with E-state index in [4.69, 9.17) is 0 Å². The molecule has 3 rings (SSSR count). The fraction of sp³-hybridized carbons (Fsp3) is 0.647. The first-order valence-electron chi connectivity index (χ1n) is 8.35. The Morgan fingerprint density at radius 1 is 1.45 bits per heavy atom. The summed E-state index contributed by atoms with van der Waals surface area (Å²) >= 11 is 0. The molecule has 0 bridgehead atoms. The highest BCUT2D eigenvalue weighted by Gasteiger charge is 2.30. The monoisotopic (exact) mass is 302 g/mol. The maximum atomic E-state index is 12.3. The van der Waals surface area contributed by atoms with E-state index in [1.807, 2.05) is 18.3 Å². The third kappa shape index (κ3) is 3.84. The molecule has 3 atom stereocenters. The molecule has 1 amide bonds. The second-order valence-electron chi connectivity index (χ2n) is 6.63. The number of nitrogens with zero attached hydrogens (tertiary/aromatic N) is 2. The number of aromatic nitrogens is 1. The van der Waals surface area contributed by atoms with Crippen molar-refractivity contribution in [3.05, 3.63) is 30.1 Å². The van der Waals surface area contributed by atoms with Crippen LogP contribution >= 0.6 is 0 Å². The molecule has 3 heterocycles. The molecule has 2 fully saturated rings. The lowest BCUT2D eigenvalue weighted by atomic mass is 9.93. The normalized spacial score (nSPS) is 29.4. The Labute approximate surface area is 132 Å². The smallest absolute Gasteiger partial charge is 0.224 e. The van der Waals surface area contributed by atoms with Gasteiger partial charge in [0.25, 0.3) is 0 Å². The summed E-state index contributed by atoms with van der Waals surface area (Å²) in [5, 5.41) is 6.53. The topological polar surface area (TPSA) is 57.3 Å². The zero-order chi connectivity index (χ0) is 15.4. The predicted molar refractivity (Wildman–Crippen MR) is 86.2 cm³/mol. The summed E-state index contributed by atoms with van der Waals surface area (Å²) in [5.41, 5.74) is 1.12. The number of amides is 1. The molecule has 22 heavy (non-hydrogen) atoms. The molecule has 0 spiro atoms. The van der Waals surface area contributed by atoms with E-state index in [0.717, 1.165) is 51.3 Å². The number of pyridine rings is 1. The van der Waals surface area contributed by atoms with Crippen molar-refractivity contribution in [1.82, 2.24) is 20.5 Å². The van der Waals surface area contributed by atoms with Gasteiger partial charge < -0.3 is 10.6 Å². The number of hydrogen-bond acceptors (Lipinski definition) is 4. The Kier molecular flexibility index (Phi) is 5.05. The third-order valence-electron chi connectivity index (χ3n) is 4.86. The van der Waals surface area contributed by atoms with Gasteiger partial charge in [-0.25, -0.2) is 0 Å². The largest absolute Gasteiger partial charge is 0.353 e. The molecule has 3 unspecified atom stereocenters. The second kappa shape index (κ2) is 7.20. The lowest BCUT2D eigenvalue weighted by molar-refractivity contribution is -0.125. The molecule has 1 aromatic heterocycles. The van der Waals surface area contributed by atoms with Crippen molar-refractivity contribution in [3.8, 4) is 0 Å². The molecule has 0 saturated carbocycles. The molecule has 2 aliphatic heterocycles. The van der Waals surface area contributed by atoms with Gasteiger partial charge in [0.2, 0.25) is 5.91 Å². The van der Waals surface area contributed by atoms with Crippen molar-refractivity contribution in [3.63, 3.8) is 0 Å². The van der Waals surface area contributed by atoms with Crippen molar-refractivity contribution in [2.75, 3.05) is 26.2 Å². The molecule has 0 aromatic carbocycles. The molecule has 0 radical (unpaired) electrons. The van der Waals surface area contributed by atoms with Crippen molar-refractivity contribution >= 4 is 5.91 Å². The quantitative estimate of drug-likeness (QED) is 0.872. The maximum absolute atomic E-state index is 12.3. The van der Waals surface area contributed by atoms with Gasteiger partial charge in [0.1, 0.15) is 0 Å². The predicted octanol–water partition coefficient (Wildman–Crippen LogP) is 1.02. The summed E-state index contributed by atoms with van der Waals surface area (Å²) in [5.74, 6) is 0.884. The van der Waals surface area contributed by atoms with Crippen molar-refractivity contribution in [2.45, 2.75) is 32.4 Å². The Morgan fingerprint density at radius 3 is 3.05 bits per heavy atom. The SMILES string of the molecule is CC1CN(Cc2ccccn2)CCC1NC(=O)C1CCNC1. The van der Waals surface area contributed by atoms with Crippen LogP contribution in [0.5, 0.6) is 0 Å². The molecule has 5 heteroatoms. The van der Waals surface area contributed by atoms with Crippen LogP contribution in [0.1, 0.15) is 25.5 Å². The minimum absolute atomic E-state index is 0.166. The van der Waals surface area contributed by atoms with Gasteiger partial charge in [-0.2, -0.15) is 0 Å². The summed E-state index contributed by atoms with van der Waals surface area (Å²) in [6.45, 7) is 6.98.